The van der Waals surface area contributed by atoms with E-state index in [2.05, 4.69) is 12.1 Å². The molecule has 2 saturated heterocycles. The van der Waals surface area contributed by atoms with Gasteiger partial charge in [0.05, 0.1) is 5.75 Å². The summed E-state index contributed by atoms with van der Waals surface area (Å²) in [6.45, 7) is 4.71. The van der Waals surface area contributed by atoms with Crippen molar-refractivity contribution in [2.75, 3.05) is 31.9 Å². The van der Waals surface area contributed by atoms with E-state index in [1.165, 1.54) is 5.56 Å². The quantitative estimate of drug-likeness (QED) is 0.807. The van der Waals surface area contributed by atoms with Crippen molar-refractivity contribution in [1.82, 2.24) is 9.21 Å². The molecule has 0 aromatic heterocycles. The number of likely N-dealkylation sites (tertiary alicyclic amines) is 1. The fourth-order valence-corrected chi connectivity index (χ4v) is 4.93. The Kier molecular flexibility index (Phi) is 5.79. The minimum Gasteiger partial charge on any atom is -0.339 e. The van der Waals surface area contributed by atoms with Crippen LogP contribution in [0.25, 0.3) is 0 Å². The van der Waals surface area contributed by atoms with Crippen molar-refractivity contribution in [2.24, 2.45) is 5.92 Å². The molecule has 0 spiro atoms. The summed E-state index contributed by atoms with van der Waals surface area (Å²) in [5.41, 5.74) is 2.00. The SMILES string of the molecule is CCS(=O)(=O)N1CCC(Cc2ccc(C(=O)N3CCCC3)cc2)CC1. The molecule has 0 atom stereocenters. The summed E-state index contributed by atoms with van der Waals surface area (Å²) < 4.78 is 25.5. The molecular formula is C19H28N2O3S. The normalized spacial score (nSPS) is 20.1. The van der Waals surface area contributed by atoms with Crippen molar-refractivity contribution < 1.29 is 13.2 Å². The number of sulfonamides is 1. The molecule has 5 nitrogen and oxygen atoms in total. The molecule has 138 valence electrons. The van der Waals surface area contributed by atoms with Crippen LogP contribution in [0.1, 0.15) is 48.5 Å². The van der Waals surface area contributed by atoms with Crippen LogP contribution in [0.3, 0.4) is 0 Å². The first-order valence-electron chi connectivity index (χ1n) is 9.35. The van der Waals surface area contributed by atoms with Crippen molar-refractivity contribution >= 4 is 15.9 Å². The Hall–Kier alpha value is -1.40. The number of carbonyl (C=O) groups is 1. The summed E-state index contributed by atoms with van der Waals surface area (Å²) in [4.78, 5) is 14.3. The molecule has 2 fully saturated rings. The van der Waals surface area contributed by atoms with Gasteiger partial charge in [-0.15, -0.1) is 0 Å². The molecule has 0 radical (unpaired) electrons. The van der Waals surface area contributed by atoms with Gasteiger partial charge in [0, 0.05) is 31.7 Å². The number of hydrogen-bond donors (Lipinski definition) is 0. The van der Waals surface area contributed by atoms with E-state index in [1.807, 2.05) is 17.0 Å². The third-order valence-electron chi connectivity index (χ3n) is 5.45. The molecule has 2 heterocycles. The topological polar surface area (TPSA) is 57.7 Å². The monoisotopic (exact) mass is 364 g/mol. The highest BCUT2D eigenvalue weighted by Gasteiger charge is 2.26. The molecule has 2 aliphatic rings. The lowest BCUT2D eigenvalue weighted by Gasteiger charge is -2.31. The zero-order chi connectivity index (χ0) is 17.9. The number of hydrogen-bond acceptors (Lipinski definition) is 3. The summed E-state index contributed by atoms with van der Waals surface area (Å²) in [6.07, 6.45) is 4.99. The van der Waals surface area contributed by atoms with Crippen LogP contribution in [-0.2, 0) is 16.4 Å². The first-order valence-corrected chi connectivity index (χ1v) is 11.0. The lowest BCUT2D eigenvalue weighted by molar-refractivity contribution is 0.0793. The molecule has 0 N–H and O–H groups in total. The maximum atomic E-state index is 12.4. The zero-order valence-electron chi connectivity index (χ0n) is 15.0. The molecule has 1 amide bonds. The Bertz CT molecular complexity index is 686. The summed E-state index contributed by atoms with van der Waals surface area (Å²) in [5.74, 6) is 0.843. The van der Waals surface area contributed by atoms with E-state index in [-0.39, 0.29) is 11.7 Å². The second-order valence-electron chi connectivity index (χ2n) is 7.14. The molecule has 0 aliphatic carbocycles. The Morgan fingerprint density at radius 1 is 1.04 bits per heavy atom. The van der Waals surface area contributed by atoms with E-state index in [4.69, 9.17) is 0 Å². The second-order valence-corrected chi connectivity index (χ2v) is 9.40. The summed E-state index contributed by atoms with van der Waals surface area (Å²) >= 11 is 0. The first kappa shape index (κ1) is 18.4. The van der Waals surface area contributed by atoms with Gasteiger partial charge in [0.15, 0.2) is 0 Å². The van der Waals surface area contributed by atoms with Crippen LogP contribution in [0, 0.1) is 5.92 Å². The van der Waals surface area contributed by atoms with Gasteiger partial charge >= 0.3 is 0 Å². The van der Waals surface area contributed by atoms with Gasteiger partial charge in [0.2, 0.25) is 10.0 Å². The van der Waals surface area contributed by atoms with Gasteiger partial charge in [0.1, 0.15) is 0 Å². The number of nitrogens with zero attached hydrogens (tertiary/aromatic N) is 2. The molecule has 0 saturated carbocycles. The lowest BCUT2D eigenvalue weighted by atomic mass is 9.90. The van der Waals surface area contributed by atoms with E-state index in [9.17, 15) is 13.2 Å². The number of carbonyl (C=O) groups excluding carboxylic acids is 1. The summed E-state index contributed by atoms with van der Waals surface area (Å²) in [6, 6.07) is 7.98. The maximum absolute atomic E-state index is 12.4. The number of rotatable bonds is 5. The van der Waals surface area contributed by atoms with Crippen molar-refractivity contribution in [3.63, 3.8) is 0 Å². The molecule has 6 heteroatoms. The van der Waals surface area contributed by atoms with Crippen LogP contribution in [0.2, 0.25) is 0 Å². The van der Waals surface area contributed by atoms with Crippen LogP contribution >= 0.6 is 0 Å². The fourth-order valence-electron chi connectivity index (χ4n) is 3.79. The molecule has 0 bridgehead atoms. The van der Waals surface area contributed by atoms with E-state index in [0.29, 0.717) is 19.0 Å². The molecule has 25 heavy (non-hydrogen) atoms. The van der Waals surface area contributed by atoms with Crippen molar-refractivity contribution in [3.05, 3.63) is 35.4 Å². The minimum atomic E-state index is -3.05. The highest BCUT2D eigenvalue weighted by Crippen LogP contribution is 2.24. The lowest BCUT2D eigenvalue weighted by Crippen LogP contribution is -2.39. The highest BCUT2D eigenvalue weighted by atomic mass is 32.2. The predicted octanol–water partition coefficient (Wildman–Crippen LogP) is 2.53. The van der Waals surface area contributed by atoms with Gasteiger partial charge in [-0.3, -0.25) is 4.79 Å². The van der Waals surface area contributed by atoms with Crippen LogP contribution < -0.4 is 0 Å². The van der Waals surface area contributed by atoms with Gasteiger partial charge < -0.3 is 4.90 Å². The third-order valence-corrected chi connectivity index (χ3v) is 7.33. The average molecular weight is 365 g/mol. The highest BCUT2D eigenvalue weighted by molar-refractivity contribution is 7.89. The molecule has 1 aromatic rings. The molecular weight excluding hydrogens is 336 g/mol. The average Bonchev–Trinajstić information content (AvgIpc) is 3.17. The fraction of sp³-hybridized carbons (Fsp3) is 0.632. The number of amides is 1. The van der Waals surface area contributed by atoms with Crippen molar-refractivity contribution in [1.29, 1.82) is 0 Å². The second kappa shape index (κ2) is 7.87. The molecule has 0 unspecified atom stereocenters. The van der Waals surface area contributed by atoms with Crippen molar-refractivity contribution in [2.45, 2.75) is 39.0 Å². The van der Waals surface area contributed by atoms with E-state index in [1.54, 1.807) is 11.2 Å². The predicted molar refractivity (Wildman–Crippen MR) is 99.0 cm³/mol. The van der Waals surface area contributed by atoms with E-state index >= 15 is 0 Å². The van der Waals surface area contributed by atoms with Crippen LogP contribution in [0.5, 0.6) is 0 Å². The number of benzene rings is 1. The standard InChI is InChI=1S/C19H28N2O3S/c1-2-25(23,24)21-13-9-17(10-14-21)15-16-5-7-18(8-6-16)19(22)20-11-3-4-12-20/h5-8,17H,2-4,9-15H2,1H3. The van der Waals surface area contributed by atoms with Gasteiger partial charge in [-0.25, -0.2) is 12.7 Å². The van der Waals surface area contributed by atoms with Gasteiger partial charge in [-0.05, 0) is 62.6 Å². The smallest absolute Gasteiger partial charge is 0.253 e. The van der Waals surface area contributed by atoms with Gasteiger partial charge in [-0.2, -0.15) is 0 Å². The Morgan fingerprint density at radius 2 is 1.64 bits per heavy atom. The maximum Gasteiger partial charge on any atom is 0.253 e. The largest absolute Gasteiger partial charge is 0.339 e. The van der Waals surface area contributed by atoms with Crippen LogP contribution in [0.4, 0.5) is 0 Å². The first-order chi connectivity index (χ1) is 12.0. The molecule has 2 aliphatic heterocycles. The van der Waals surface area contributed by atoms with Crippen molar-refractivity contribution in [3.8, 4) is 0 Å². The van der Waals surface area contributed by atoms with E-state index in [0.717, 1.165) is 50.8 Å². The minimum absolute atomic E-state index is 0.141. The van der Waals surface area contributed by atoms with E-state index < -0.39 is 10.0 Å². The van der Waals surface area contributed by atoms with Gasteiger partial charge in [-0.1, -0.05) is 12.1 Å². The molecule has 1 aromatic carbocycles. The number of piperidine rings is 1. The zero-order valence-corrected chi connectivity index (χ0v) is 15.8. The Labute approximate surface area is 151 Å². The van der Waals surface area contributed by atoms with Gasteiger partial charge in [0.25, 0.3) is 5.91 Å². The summed E-state index contributed by atoms with van der Waals surface area (Å²) in [7, 11) is -3.05. The Morgan fingerprint density at radius 3 is 2.20 bits per heavy atom. The third kappa shape index (κ3) is 4.42. The molecule has 3 rings (SSSR count). The van der Waals surface area contributed by atoms with Crippen LogP contribution in [-0.4, -0.2) is 55.5 Å². The van der Waals surface area contributed by atoms with Crippen LogP contribution in [0.15, 0.2) is 24.3 Å². The summed E-state index contributed by atoms with van der Waals surface area (Å²) in [5, 5.41) is 0. The Balaban J connectivity index is 1.53.